The molecule has 0 amide bonds. The average Bonchev–Trinajstić information content (AvgIpc) is 2.63. The minimum atomic E-state index is 0.892. The van der Waals surface area contributed by atoms with Gasteiger partial charge in [0, 0.05) is 19.8 Å². The van der Waals surface area contributed by atoms with E-state index in [-0.39, 0.29) is 0 Å². The molecule has 0 saturated heterocycles. The number of nitrogens with zero attached hydrogens (tertiary/aromatic N) is 2. The second kappa shape index (κ2) is 7.77. The second-order valence-electron chi connectivity index (χ2n) is 3.71. The summed E-state index contributed by atoms with van der Waals surface area (Å²) in [5, 5.41) is 7.72. The smallest absolute Gasteiger partial charge is 0.0762 e. The molecule has 1 aromatic heterocycles. The SMILES string of the molecule is CSCCCCCNCc1ccn(C)n1. The molecule has 0 atom stereocenters. The first kappa shape index (κ1) is 12.6. The van der Waals surface area contributed by atoms with Crippen molar-refractivity contribution in [1.29, 1.82) is 0 Å². The Kier molecular flexibility index (Phi) is 6.52. The molecule has 0 radical (unpaired) electrons. The van der Waals surface area contributed by atoms with Crippen LogP contribution in [0.15, 0.2) is 12.3 Å². The summed E-state index contributed by atoms with van der Waals surface area (Å²) in [6, 6.07) is 2.06. The lowest BCUT2D eigenvalue weighted by Crippen LogP contribution is -2.15. The lowest BCUT2D eigenvalue weighted by molar-refractivity contribution is 0.605. The van der Waals surface area contributed by atoms with Gasteiger partial charge in [0.1, 0.15) is 0 Å². The largest absolute Gasteiger partial charge is 0.311 e. The van der Waals surface area contributed by atoms with Gasteiger partial charge in [-0.25, -0.2) is 0 Å². The maximum Gasteiger partial charge on any atom is 0.0762 e. The van der Waals surface area contributed by atoms with Crippen molar-refractivity contribution in [3.63, 3.8) is 0 Å². The van der Waals surface area contributed by atoms with Crippen molar-refractivity contribution in [3.05, 3.63) is 18.0 Å². The Hall–Kier alpha value is -0.480. The van der Waals surface area contributed by atoms with Crippen LogP contribution in [0, 0.1) is 0 Å². The van der Waals surface area contributed by atoms with Crippen LogP contribution < -0.4 is 5.32 Å². The van der Waals surface area contributed by atoms with Crippen molar-refractivity contribution >= 4 is 11.8 Å². The van der Waals surface area contributed by atoms with E-state index < -0.39 is 0 Å². The number of hydrogen-bond donors (Lipinski definition) is 1. The highest BCUT2D eigenvalue weighted by atomic mass is 32.2. The van der Waals surface area contributed by atoms with Gasteiger partial charge in [-0.3, -0.25) is 4.68 Å². The van der Waals surface area contributed by atoms with E-state index in [1.165, 1.54) is 25.0 Å². The molecule has 1 N–H and O–H groups in total. The van der Waals surface area contributed by atoms with Crippen LogP contribution in [0.2, 0.25) is 0 Å². The van der Waals surface area contributed by atoms with Gasteiger partial charge in [0.05, 0.1) is 5.69 Å². The highest BCUT2D eigenvalue weighted by molar-refractivity contribution is 7.98. The lowest BCUT2D eigenvalue weighted by atomic mass is 10.2. The minimum Gasteiger partial charge on any atom is -0.311 e. The highest BCUT2D eigenvalue weighted by Crippen LogP contribution is 2.01. The van der Waals surface area contributed by atoms with Crippen LogP contribution in [0.4, 0.5) is 0 Å². The van der Waals surface area contributed by atoms with Gasteiger partial charge >= 0.3 is 0 Å². The van der Waals surface area contributed by atoms with E-state index in [1.807, 2.05) is 29.7 Å². The molecule has 4 heteroatoms. The standard InChI is InChI=1S/C11H21N3S/c1-14-8-6-11(13-14)10-12-7-4-3-5-9-15-2/h6,8,12H,3-5,7,9-10H2,1-2H3. The molecule has 1 aromatic rings. The van der Waals surface area contributed by atoms with E-state index in [4.69, 9.17) is 0 Å². The van der Waals surface area contributed by atoms with E-state index in [9.17, 15) is 0 Å². The minimum absolute atomic E-state index is 0.892. The van der Waals surface area contributed by atoms with Crippen LogP contribution in [0.1, 0.15) is 25.0 Å². The van der Waals surface area contributed by atoms with E-state index >= 15 is 0 Å². The Morgan fingerprint density at radius 2 is 2.27 bits per heavy atom. The van der Waals surface area contributed by atoms with Crippen LogP contribution in [0.3, 0.4) is 0 Å². The number of aryl methyl sites for hydroxylation is 1. The molecule has 15 heavy (non-hydrogen) atoms. The van der Waals surface area contributed by atoms with Crippen molar-refractivity contribution < 1.29 is 0 Å². The third-order valence-corrected chi connectivity index (χ3v) is 2.97. The molecular formula is C11H21N3S. The van der Waals surface area contributed by atoms with E-state index in [2.05, 4.69) is 22.7 Å². The van der Waals surface area contributed by atoms with Crippen LogP contribution in [-0.4, -0.2) is 28.3 Å². The fraction of sp³-hybridized carbons (Fsp3) is 0.727. The summed E-state index contributed by atoms with van der Waals surface area (Å²) in [4.78, 5) is 0. The molecule has 0 unspecified atom stereocenters. The summed E-state index contributed by atoms with van der Waals surface area (Å²) >= 11 is 1.93. The molecule has 3 nitrogen and oxygen atoms in total. The molecule has 0 bridgehead atoms. The van der Waals surface area contributed by atoms with Crippen LogP contribution >= 0.6 is 11.8 Å². The number of rotatable bonds is 8. The lowest BCUT2D eigenvalue weighted by Gasteiger charge is -2.02. The van der Waals surface area contributed by atoms with Gasteiger partial charge in [0.25, 0.3) is 0 Å². The fourth-order valence-electron chi connectivity index (χ4n) is 1.45. The van der Waals surface area contributed by atoms with Crippen molar-refractivity contribution in [3.8, 4) is 0 Å². The molecular weight excluding hydrogens is 206 g/mol. The topological polar surface area (TPSA) is 29.9 Å². The van der Waals surface area contributed by atoms with Gasteiger partial charge < -0.3 is 5.32 Å². The molecule has 0 aliphatic heterocycles. The zero-order chi connectivity index (χ0) is 10.9. The normalized spacial score (nSPS) is 10.8. The van der Waals surface area contributed by atoms with E-state index in [0.717, 1.165) is 18.8 Å². The molecule has 0 saturated carbocycles. The first-order valence-corrected chi connectivity index (χ1v) is 6.90. The zero-order valence-electron chi connectivity index (χ0n) is 9.70. The molecule has 0 aliphatic rings. The summed E-state index contributed by atoms with van der Waals surface area (Å²) < 4.78 is 1.84. The monoisotopic (exact) mass is 227 g/mol. The Morgan fingerprint density at radius 3 is 2.93 bits per heavy atom. The van der Waals surface area contributed by atoms with Gasteiger partial charge in [0.2, 0.25) is 0 Å². The van der Waals surface area contributed by atoms with Crippen molar-refractivity contribution in [2.24, 2.45) is 7.05 Å². The van der Waals surface area contributed by atoms with Crippen LogP contribution in [0.5, 0.6) is 0 Å². The molecule has 0 aromatic carbocycles. The second-order valence-corrected chi connectivity index (χ2v) is 4.70. The Labute approximate surface area is 96.6 Å². The third-order valence-electron chi connectivity index (χ3n) is 2.28. The molecule has 1 heterocycles. The molecule has 0 spiro atoms. The highest BCUT2D eigenvalue weighted by Gasteiger charge is 1.95. The number of aromatic nitrogens is 2. The number of unbranched alkanes of at least 4 members (excludes halogenated alkanes) is 2. The number of hydrogen-bond acceptors (Lipinski definition) is 3. The summed E-state index contributed by atoms with van der Waals surface area (Å²) in [5.74, 6) is 1.29. The average molecular weight is 227 g/mol. The third kappa shape index (κ3) is 5.85. The summed E-state index contributed by atoms with van der Waals surface area (Å²) in [6.07, 6.45) is 8.09. The Morgan fingerprint density at radius 1 is 1.40 bits per heavy atom. The maximum absolute atomic E-state index is 4.31. The summed E-state index contributed by atoms with van der Waals surface area (Å²) in [7, 11) is 1.95. The van der Waals surface area contributed by atoms with Crippen LogP contribution in [0.25, 0.3) is 0 Å². The zero-order valence-corrected chi connectivity index (χ0v) is 10.5. The first-order valence-electron chi connectivity index (χ1n) is 5.51. The Balaban J connectivity index is 1.93. The predicted molar refractivity (Wildman–Crippen MR) is 67.1 cm³/mol. The van der Waals surface area contributed by atoms with Gasteiger partial charge in [0.15, 0.2) is 0 Å². The first-order chi connectivity index (χ1) is 7.33. The number of nitrogens with one attached hydrogen (secondary N) is 1. The van der Waals surface area contributed by atoms with E-state index in [1.54, 1.807) is 0 Å². The molecule has 1 rings (SSSR count). The molecule has 0 aliphatic carbocycles. The quantitative estimate of drug-likeness (QED) is 0.689. The van der Waals surface area contributed by atoms with Gasteiger partial charge in [-0.2, -0.15) is 16.9 Å². The Bertz CT molecular complexity index is 260. The maximum atomic E-state index is 4.31. The van der Waals surface area contributed by atoms with E-state index in [0.29, 0.717) is 0 Å². The van der Waals surface area contributed by atoms with Crippen molar-refractivity contribution in [2.45, 2.75) is 25.8 Å². The number of thioether (sulfide) groups is 1. The van der Waals surface area contributed by atoms with Gasteiger partial charge in [-0.05, 0) is 37.5 Å². The molecule has 0 fully saturated rings. The summed E-state index contributed by atoms with van der Waals surface area (Å²) in [5.41, 5.74) is 1.13. The van der Waals surface area contributed by atoms with Crippen molar-refractivity contribution in [2.75, 3.05) is 18.6 Å². The van der Waals surface area contributed by atoms with Gasteiger partial charge in [-0.15, -0.1) is 0 Å². The fourth-order valence-corrected chi connectivity index (χ4v) is 1.94. The van der Waals surface area contributed by atoms with Crippen LogP contribution in [-0.2, 0) is 13.6 Å². The van der Waals surface area contributed by atoms with Crippen molar-refractivity contribution in [1.82, 2.24) is 15.1 Å². The summed E-state index contributed by atoms with van der Waals surface area (Å²) in [6.45, 7) is 1.99. The van der Waals surface area contributed by atoms with Gasteiger partial charge in [-0.1, -0.05) is 6.42 Å². The molecule has 86 valence electrons. The predicted octanol–water partition coefficient (Wildman–Crippen LogP) is 2.04.